The van der Waals surface area contributed by atoms with Crippen molar-refractivity contribution in [2.75, 3.05) is 20.3 Å². The lowest BCUT2D eigenvalue weighted by atomic mass is 10.1. The van der Waals surface area contributed by atoms with E-state index < -0.39 is 5.97 Å². The van der Waals surface area contributed by atoms with Crippen molar-refractivity contribution in [3.63, 3.8) is 0 Å². The zero-order valence-electron chi connectivity index (χ0n) is 14.9. The van der Waals surface area contributed by atoms with E-state index in [1.54, 1.807) is 25.2 Å². The second-order valence-corrected chi connectivity index (χ2v) is 5.79. The quantitative estimate of drug-likeness (QED) is 0.680. The number of benzene rings is 2. The summed E-state index contributed by atoms with van der Waals surface area (Å²) in [6.45, 7) is 1.57. The van der Waals surface area contributed by atoms with Gasteiger partial charge >= 0.3 is 5.97 Å². The summed E-state index contributed by atoms with van der Waals surface area (Å²) in [4.78, 5) is 25.2. The molecular formula is C20H22FNO4. The number of rotatable bonds is 8. The minimum absolute atomic E-state index is 0.231. The Balaban J connectivity index is 1.76. The molecule has 138 valence electrons. The molecule has 0 saturated carbocycles. The number of aryl methyl sites for hydroxylation is 1. The van der Waals surface area contributed by atoms with Gasteiger partial charge in [0.25, 0.3) is 5.91 Å². The minimum atomic E-state index is -0.622. The zero-order valence-corrected chi connectivity index (χ0v) is 14.9. The topological polar surface area (TPSA) is 55.8 Å². The standard InChI is InChI=1S/C20H22FNO4/c1-3-16-8-4-5-10-18(16)25-14-20(24)26-13-19(23)22(2)12-15-7-6-9-17(21)11-15/h4-11H,3,12-14H2,1-2H3. The van der Waals surface area contributed by atoms with Crippen LogP contribution < -0.4 is 4.74 Å². The second kappa shape index (κ2) is 9.56. The van der Waals surface area contributed by atoms with E-state index in [0.29, 0.717) is 11.3 Å². The monoisotopic (exact) mass is 359 g/mol. The molecule has 0 unspecified atom stereocenters. The maximum Gasteiger partial charge on any atom is 0.344 e. The molecule has 0 spiro atoms. The van der Waals surface area contributed by atoms with Crippen molar-refractivity contribution in [2.24, 2.45) is 0 Å². The fourth-order valence-electron chi connectivity index (χ4n) is 2.36. The highest BCUT2D eigenvalue weighted by atomic mass is 19.1. The Morgan fingerprint density at radius 2 is 1.85 bits per heavy atom. The molecule has 0 bridgehead atoms. The van der Waals surface area contributed by atoms with E-state index in [9.17, 15) is 14.0 Å². The highest BCUT2D eigenvalue weighted by Gasteiger charge is 2.13. The van der Waals surface area contributed by atoms with E-state index in [1.807, 2.05) is 25.1 Å². The zero-order chi connectivity index (χ0) is 18.9. The van der Waals surface area contributed by atoms with Crippen molar-refractivity contribution in [3.05, 3.63) is 65.5 Å². The maximum absolute atomic E-state index is 13.2. The van der Waals surface area contributed by atoms with Crippen molar-refractivity contribution in [1.29, 1.82) is 0 Å². The molecule has 0 heterocycles. The molecule has 26 heavy (non-hydrogen) atoms. The summed E-state index contributed by atoms with van der Waals surface area (Å²) in [5.74, 6) is -0.735. The Hall–Kier alpha value is -2.89. The first-order valence-electron chi connectivity index (χ1n) is 8.34. The number of amides is 1. The lowest BCUT2D eigenvalue weighted by Crippen LogP contribution is -2.31. The van der Waals surface area contributed by atoms with Crippen LogP contribution in [0.3, 0.4) is 0 Å². The fourth-order valence-corrected chi connectivity index (χ4v) is 2.36. The SMILES string of the molecule is CCc1ccccc1OCC(=O)OCC(=O)N(C)Cc1cccc(F)c1. The van der Waals surface area contributed by atoms with Gasteiger partial charge in [0.05, 0.1) is 0 Å². The van der Waals surface area contributed by atoms with Crippen molar-refractivity contribution < 1.29 is 23.5 Å². The Morgan fingerprint density at radius 3 is 2.58 bits per heavy atom. The normalized spacial score (nSPS) is 10.3. The Bertz CT molecular complexity index is 763. The first-order valence-corrected chi connectivity index (χ1v) is 8.34. The molecule has 0 atom stereocenters. The van der Waals surface area contributed by atoms with Crippen LogP contribution in [0.5, 0.6) is 5.75 Å². The maximum atomic E-state index is 13.2. The summed E-state index contributed by atoms with van der Waals surface area (Å²) in [6.07, 6.45) is 0.786. The fraction of sp³-hybridized carbons (Fsp3) is 0.300. The molecule has 1 amide bonds. The number of hydrogen-bond donors (Lipinski definition) is 0. The molecule has 2 aromatic carbocycles. The summed E-state index contributed by atoms with van der Waals surface area (Å²) in [5.41, 5.74) is 1.65. The molecule has 0 radical (unpaired) electrons. The highest BCUT2D eigenvalue weighted by molar-refractivity contribution is 5.80. The van der Waals surface area contributed by atoms with E-state index in [1.165, 1.54) is 17.0 Å². The molecule has 0 aliphatic heterocycles. The van der Waals surface area contributed by atoms with Gasteiger partial charge in [-0.3, -0.25) is 4.79 Å². The van der Waals surface area contributed by atoms with Gasteiger partial charge in [0.15, 0.2) is 13.2 Å². The Labute approximate surface area is 152 Å². The van der Waals surface area contributed by atoms with E-state index in [0.717, 1.165) is 12.0 Å². The number of esters is 1. The number of ether oxygens (including phenoxy) is 2. The number of para-hydroxylation sites is 1. The molecule has 0 aromatic heterocycles. The lowest BCUT2D eigenvalue weighted by molar-refractivity contribution is -0.153. The molecule has 0 saturated heterocycles. The summed E-state index contributed by atoms with van der Waals surface area (Å²) in [7, 11) is 1.56. The summed E-state index contributed by atoms with van der Waals surface area (Å²) < 4.78 is 23.6. The van der Waals surface area contributed by atoms with Crippen LogP contribution in [0.2, 0.25) is 0 Å². The van der Waals surface area contributed by atoms with Crippen molar-refractivity contribution >= 4 is 11.9 Å². The molecule has 0 N–H and O–H groups in total. The van der Waals surface area contributed by atoms with Gasteiger partial charge in [-0.2, -0.15) is 0 Å². The average molecular weight is 359 g/mol. The van der Waals surface area contributed by atoms with Crippen LogP contribution in [0.1, 0.15) is 18.1 Å². The Kier molecular flexibility index (Phi) is 7.14. The van der Waals surface area contributed by atoms with E-state index in [4.69, 9.17) is 9.47 Å². The van der Waals surface area contributed by atoms with Gasteiger partial charge in [0, 0.05) is 13.6 Å². The van der Waals surface area contributed by atoms with Crippen molar-refractivity contribution in [2.45, 2.75) is 19.9 Å². The summed E-state index contributed by atoms with van der Waals surface area (Å²) >= 11 is 0. The van der Waals surface area contributed by atoms with Crippen molar-refractivity contribution in [3.8, 4) is 5.75 Å². The summed E-state index contributed by atoms with van der Waals surface area (Å²) in [5, 5.41) is 0. The van der Waals surface area contributed by atoms with Gasteiger partial charge in [0.1, 0.15) is 11.6 Å². The molecule has 5 nitrogen and oxygen atoms in total. The van der Waals surface area contributed by atoms with E-state index >= 15 is 0 Å². The second-order valence-electron chi connectivity index (χ2n) is 5.79. The van der Waals surface area contributed by atoms with E-state index in [2.05, 4.69) is 0 Å². The third-order valence-corrected chi connectivity index (χ3v) is 3.79. The van der Waals surface area contributed by atoms with Gasteiger partial charge in [-0.15, -0.1) is 0 Å². The number of halogens is 1. The number of nitrogens with zero attached hydrogens (tertiary/aromatic N) is 1. The largest absolute Gasteiger partial charge is 0.482 e. The molecule has 0 aliphatic carbocycles. The van der Waals surface area contributed by atoms with Gasteiger partial charge in [-0.25, -0.2) is 9.18 Å². The van der Waals surface area contributed by atoms with Crippen LogP contribution in [0.25, 0.3) is 0 Å². The first kappa shape index (κ1) is 19.4. The van der Waals surface area contributed by atoms with Crippen LogP contribution in [0.4, 0.5) is 4.39 Å². The van der Waals surface area contributed by atoms with Gasteiger partial charge in [-0.05, 0) is 35.7 Å². The predicted octanol–water partition coefficient (Wildman–Crippen LogP) is 2.97. The van der Waals surface area contributed by atoms with Gasteiger partial charge < -0.3 is 14.4 Å². The van der Waals surface area contributed by atoms with Crippen LogP contribution >= 0.6 is 0 Å². The van der Waals surface area contributed by atoms with Crippen LogP contribution in [0.15, 0.2) is 48.5 Å². The lowest BCUT2D eigenvalue weighted by Gasteiger charge is -2.17. The highest BCUT2D eigenvalue weighted by Crippen LogP contribution is 2.18. The first-order chi connectivity index (χ1) is 12.5. The predicted molar refractivity (Wildman–Crippen MR) is 95.1 cm³/mol. The number of hydrogen-bond acceptors (Lipinski definition) is 4. The van der Waals surface area contributed by atoms with Crippen LogP contribution in [0, 0.1) is 5.82 Å². The number of likely N-dealkylation sites (N-methyl/N-ethyl adjacent to an activating group) is 1. The molecule has 0 fully saturated rings. The van der Waals surface area contributed by atoms with Gasteiger partial charge in [0.2, 0.25) is 0 Å². The Morgan fingerprint density at radius 1 is 1.08 bits per heavy atom. The smallest absolute Gasteiger partial charge is 0.344 e. The molecule has 0 aliphatic rings. The summed E-state index contributed by atoms with van der Waals surface area (Å²) in [6, 6.07) is 13.4. The third-order valence-electron chi connectivity index (χ3n) is 3.79. The average Bonchev–Trinajstić information content (AvgIpc) is 2.64. The van der Waals surface area contributed by atoms with Crippen LogP contribution in [-0.2, 0) is 27.3 Å². The molecule has 2 rings (SSSR count). The molecule has 2 aromatic rings. The molecule has 6 heteroatoms. The van der Waals surface area contributed by atoms with Crippen LogP contribution in [-0.4, -0.2) is 37.0 Å². The third kappa shape index (κ3) is 5.88. The van der Waals surface area contributed by atoms with E-state index in [-0.39, 0.29) is 31.5 Å². The van der Waals surface area contributed by atoms with Gasteiger partial charge in [-0.1, -0.05) is 37.3 Å². The minimum Gasteiger partial charge on any atom is -0.482 e. The molecular weight excluding hydrogens is 337 g/mol. The van der Waals surface area contributed by atoms with Crippen molar-refractivity contribution in [1.82, 2.24) is 4.90 Å². The number of carbonyl (C=O) groups excluding carboxylic acids is 2. The number of carbonyl (C=O) groups is 2.